The first-order valence-electron chi connectivity index (χ1n) is 7.88. The zero-order valence-corrected chi connectivity index (χ0v) is 14.7. The Hall–Kier alpha value is -1.76. The molecular formula is C18H23FN2O2S. The number of sulfonamides is 1. The number of benzene rings is 2. The standard InChI is InChI=1S/C18H23FN2O2S/c1-14(2)21-24(22,23)13-17-9-4-3-7-15(17)11-20-12-16-8-5-6-10-18(16)19/h3-10,14,20-21H,11-13H2,1-2H3. The summed E-state index contributed by atoms with van der Waals surface area (Å²) in [5, 5.41) is 3.17. The van der Waals surface area contributed by atoms with E-state index in [-0.39, 0.29) is 17.6 Å². The highest BCUT2D eigenvalue weighted by molar-refractivity contribution is 7.88. The minimum Gasteiger partial charge on any atom is -0.309 e. The summed E-state index contributed by atoms with van der Waals surface area (Å²) in [4.78, 5) is 0. The van der Waals surface area contributed by atoms with Crippen molar-refractivity contribution in [1.82, 2.24) is 10.0 Å². The second kappa shape index (κ2) is 8.37. The Morgan fingerprint density at radius 1 is 0.917 bits per heavy atom. The molecule has 0 radical (unpaired) electrons. The van der Waals surface area contributed by atoms with Crippen LogP contribution >= 0.6 is 0 Å². The highest BCUT2D eigenvalue weighted by Crippen LogP contribution is 2.13. The van der Waals surface area contributed by atoms with Crippen molar-refractivity contribution in [2.75, 3.05) is 0 Å². The molecule has 0 aliphatic carbocycles. The van der Waals surface area contributed by atoms with Gasteiger partial charge in [-0.05, 0) is 31.0 Å². The number of hydrogen-bond acceptors (Lipinski definition) is 3. The first-order chi connectivity index (χ1) is 11.4. The second-order valence-electron chi connectivity index (χ2n) is 6.00. The Labute approximate surface area is 143 Å². The molecule has 0 amide bonds. The topological polar surface area (TPSA) is 58.2 Å². The summed E-state index contributed by atoms with van der Waals surface area (Å²) in [6.07, 6.45) is 0. The molecule has 6 heteroatoms. The third kappa shape index (κ3) is 5.70. The lowest BCUT2D eigenvalue weighted by molar-refractivity contribution is 0.568. The maximum absolute atomic E-state index is 13.6. The van der Waals surface area contributed by atoms with Crippen LogP contribution in [-0.2, 0) is 28.9 Å². The molecule has 2 rings (SSSR count). The molecule has 0 aromatic heterocycles. The zero-order valence-electron chi connectivity index (χ0n) is 13.9. The van der Waals surface area contributed by atoms with Gasteiger partial charge >= 0.3 is 0 Å². The number of halogens is 1. The number of hydrogen-bond donors (Lipinski definition) is 2. The van der Waals surface area contributed by atoms with Crippen LogP contribution < -0.4 is 10.0 Å². The summed E-state index contributed by atoms with van der Waals surface area (Å²) in [6.45, 7) is 4.44. The fourth-order valence-electron chi connectivity index (χ4n) is 2.45. The normalized spacial score (nSPS) is 11.8. The molecule has 0 fully saturated rings. The van der Waals surface area contributed by atoms with Crippen LogP contribution in [0.1, 0.15) is 30.5 Å². The van der Waals surface area contributed by atoms with Crippen LogP contribution in [0.3, 0.4) is 0 Å². The molecule has 24 heavy (non-hydrogen) atoms. The van der Waals surface area contributed by atoms with Gasteiger partial charge in [0.2, 0.25) is 10.0 Å². The van der Waals surface area contributed by atoms with Crippen molar-refractivity contribution in [3.8, 4) is 0 Å². The van der Waals surface area contributed by atoms with E-state index in [1.54, 1.807) is 38.1 Å². The van der Waals surface area contributed by atoms with E-state index >= 15 is 0 Å². The summed E-state index contributed by atoms with van der Waals surface area (Å²) in [5.74, 6) is -0.315. The maximum atomic E-state index is 13.6. The van der Waals surface area contributed by atoms with Crippen molar-refractivity contribution < 1.29 is 12.8 Å². The molecule has 0 heterocycles. The average Bonchev–Trinajstić information content (AvgIpc) is 2.49. The highest BCUT2D eigenvalue weighted by atomic mass is 32.2. The van der Waals surface area contributed by atoms with Crippen molar-refractivity contribution in [2.45, 2.75) is 38.7 Å². The Morgan fingerprint density at radius 2 is 1.46 bits per heavy atom. The van der Waals surface area contributed by atoms with E-state index < -0.39 is 10.0 Å². The Balaban J connectivity index is 2.02. The molecule has 0 aliphatic rings. The van der Waals surface area contributed by atoms with Crippen LogP contribution in [-0.4, -0.2) is 14.5 Å². The predicted molar refractivity (Wildman–Crippen MR) is 94.3 cm³/mol. The number of nitrogens with one attached hydrogen (secondary N) is 2. The van der Waals surface area contributed by atoms with Crippen LogP contribution in [0.4, 0.5) is 4.39 Å². The third-order valence-electron chi connectivity index (χ3n) is 3.47. The molecule has 130 valence electrons. The molecule has 0 spiro atoms. The van der Waals surface area contributed by atoms with Gasteiger partial charge in [-0.25, -0.2) is 17.5 Å². The van der Waals surface area contributed by atoms with Gasteiger partial charge < -0.3 is 5.32 Å². The Bertz CT molecular complexity index is 776. The maximum Gasteiger partial charge on any atom is 0.216 e. The van der Waals surface area contributed by atoms with E-state index in [0.717, 1.165) is 11.1 Å². The quantitative estimate of drug-likeness (QED) is 0.770. The van der Waals surface area contributed by atoms with Crippen LogP contribution in [0.25, 0.3) is 0 Å². The molecule has 0 unspecified atom stereocenters. The van der Waals surface area contributed by atoms with Crippen molar-refractivity contribution in [3.63, 3.8) is 0 Å². The minimum absolute atomic E-state index is 0.0667. The molecule has 0 atom stereocenters. The van der Waals surface area contributed by atoms with E-state index in [9.17, 15) is 12.8 Å². The third-order valence-corrected chi connectivity index (χ3v) is 4.99. The summed E-state index contributed by atoms with van der Waals surface area (Å²) >= 11 is 0. The fourth-order valence-corrected chi connectivity index (χ4v) is 3.94. The van der Waals surface area contributed by atoms with E-state index in [1.807, 2.05) is 18.2 Å². The first kappa shape index (κ1) is 18.6. The summed E-state index contributed by atoms with van der Waals surface area (Å²) < 4.78 is 40.4. The van der Waals surface area contributed by atoms with Crippen molar-refractivity contribution in [1.29, 1.82) is 0 Å². The van der Waals surface area contributed by atoms with Gasteiger partial charge in [-0.3, -0.25) is 0 Å². The van der Waals surface area contributed by atoms with Gasteiger partial charge in [-0.15, -0.1) is 0 Å². The predicted octanol–water partition coefficient (Wildman–Crippen LogP) is 2.94. The lowest BCUT2D eigenvalue weighted by Crippen LogP contribution is -2.31. The Morgan fingerprint density at radius 3 is 2.08 bits per heavy atom. The van der Waals surface area contributed by atoms with Crippen molar-refractivity contribution in [3.05, 3.63) is 71.0 Å². The molecule has 2 aromatic carbocycles. The van der Waals surface area contributed by atoms with Gasteiger partial charge in [0.05, 0.1) is 5.75 Å². The molecule has 0 aliphatic heterocycles. The van der Waals surface area contributed by atoms with E-state index in [1.165, 1.54) is 6.07 Å². The van der Waals surface area contributed by atoms with Gasteiger partial charge in [0, 0.05) is 24.7 Å². The van der Waals surface area contributed by atoms with E-state index in [4.69, 9.17) is 0 Å². The highest BCUT2D eigenvalue weighted by Gasteiger charge is 2.15. The molecular weight excluding hydrogens is 327 g/mol. The summed E-state index contributed by atoms with van der Waals surface area (Å²) in [7, 11) is -3.38. The van der Waals surface area contributed by atoms with Gasteiger partial charge in [0.15, 0.2) is 0 Å². The first-order valence-corrected chi connectivity index (χ1v) is 9.53. The summed E-state index contributed by atoms with van der Waals surface area (Å²) in [5.41, 5.74) is 2.22. The number of rotatable bonds is 8. The Kier molecular flexibility index (Phi) is 6.48. The van der Waals surface area contributed by atoms with Crippen LogP contribution in [0.15, 0.2) is 48.5 Å². The molecule has 2 aromatic rings. The molecule has 0 saturated carbocycles. The van der Waals surface area contributed by atoms with E-state index in [0.29, 0.717) is 18.7 Å². The molecule has 0 bridgehead atoms. The molecule has 0 saturated heterocycles. The monoisotopic (exact) mass is 350 g/mol. The van der Waals surface area contributed by atoms with E-state index in [2.05, 4.69) is 10.0 Å². The second-order valence-corrected chi connectivity index (χ2v) is 7.75. The van der Waals surface area contributed by atoms with Crippen LogP contribution in [0, 0.1) is 5.82 Å². The van der Waals surface area contributed by atoms with Gasteiger partial charge in [0.1, 0.15) is 5.82 Å². The summed E-state index contributed by atoms with van der Waals surface area (Å²) in [6, 6.07) is 13.8. The molecule has 4 nitrogen and oxygen atoms in total. The van der Waals surface area contributed by atoms with Gasteiger partial charge in [0.25, 0.3) is 0 Å². The smallest absolute Gasteiger partial charge is 0.216 e. The van der Waals surface area contributed by atoms with Crippen LogP contribution in [0.5, 0.6) is 0 Å². The lowest BCUT2D eigenvalue weighted by Gasteiger charge is -2.13. The van der Waals surface area contributed by atoms with Crippen LogP contribution in [0.2, 0.25) is 0 Å². The lowest BCUT2D eigenvalue weighted by atomic mass is 10.1. The molecule has 2 N–H and O–H groups in total. The fraction of sp³-hybridized carbons (Fsp3) is 0.333. The average molecular weight is 350 g/mol. The minimum atomic E-state index is -3.38. The van der Waals surface area contributed by atoms with Crippen molar-refractivity contribution >= 4 is 10.0 Å². The zero-order chi connectivity index (χ0) is 17.6. The largest absolute Gasteiger partial charge is 0.309 e. The van der Waals surface area contributed by atoms with Gasteiger partial charge in [-0.2, -0.15) is 0 Å². The van der Waals surface area contributed by atoms with Gasteiger partial charge in [-0.1, -0.05) is 42.5 Å². The SMILES string of the molecule is CC(C)NS(=O)(=O)Cc1ccccc1CNCc1ccccc1F. The van der Waals surface area contributed by atoms with Crippen molar-refractivity contribution in [2.24, 2.45) is 0 Å².